The first kappa shape index (κ1) is 16.9. The lowest BCUT2D eigenvalue weighted by atomic mass is 10.1. The van der Waals surface area contributed by atoms with Gasteiger partial charge in [0.05, 0.1) is 0 Å². The highest BCUT2D eigenvalue weighted by Gasteiger charge is 2.23. The molecular formula is C17H20ClN3O3. The smallest absolute Gasteiger partial charge is 0.253 e. The van der Waals surface area contributed by atoms with Crippen LogP contribution in [0.1, 0.15) is 55.0 Å². The Morgan fingerprint density at radius 1 is 1.42 bits per heavy atom. The van der Waals surface area contributed by atoms with Gasteiger partial charge in [0, 0.05) is 23.9 Å². The standard InChI is InChI=1S/C17H20ClN3O3/c18-13-7-3-6-12(10-13)15(22)16(23)19-9-8-14-20-17(24-21-14)11-4-1-2-5-11/h3,6-7,10-11,15,22H,1-2,4-5,8-9H2,(H,19,23)/t15-/m1/s1. The minimum Gasteiger partial charge on any atom is -0.378 e. The zero-order valence-electron chi connectivity index (χ0n) is 13.2. The van der Waals surface area contributed by atoms with Crippen LogP contribution in [0.15, 0.2) is 28.8 Å². The molecule has 1 aliphatic carbocycles. The molecular weight excluding hydrogens is 330 g/mol. The highest BCUT2D eigenvalue weighted by Crippen LogP contribution is 2.32. The van der Waals surface area contributed by atoms with Gasteiger partial charge in [-0.25, -0.2) is 0 Å². The number of carbonyl (C=O) groups excluding carboxylic acids is 1. The summed E-state index contributed by atoms with van der Waals surface area (Å²) in [6.45, 7) is 0.333. The van der Waals surface area contributed by atoms with Crippen molar-refractivity contribution in [3.63, 3.8) is 0 Å². The average Bonchev–Trinajstić information content (AvgIpc) is 3.25. The molecule has 1 atom stereocenters. The Kier molecular flexibility index (Phi) is 5.48. The van der Waals surface area contributed by atoms with E-state index in [2.05, 4.69) is 15.5 Å². The van der Waals surface area contributed by atoms with E-state index < -0.39 is 12.0 Å². The maximum Gasteiger partial charge on any atom is 0.253 e. The number of nitrogens with one attached hydrogen (secondary N) is 1. The first-order valence-corrected chi connectivity index (χ1v) is 8.55. The minimum absolute atomic E-state index is 0.333. The molecule has 0 unspecified atom stereocenters. The molecule has 1 amide bonds. The lowest BCUT2D eigenvalue weighted by Gasteiger charge is -2.11. The van der Waals surface area contributed by atoms with Gasteiger partial charge in [-0.15, -0.1) is 0 Å². The molecule has 128 valence electrons. The van der Waals surface area contributed by atoms with E-state index in [0.29, 0.717) is 41.2 Å². The number of rotatable bonds is 6. The second-order valence-corrected chi connectivity index (χ2v) is 6.47. The van der Waals surface area contributed by atoms with Crippen LogP contribution in [-0.2, 0) is 11.2 Å². The number of amides is 1. The van der Waals surface area contributed by atoms with E-state index in [1.165, 1.54) is 12.8 Å². The van der Waals surface area contributed by atoms with Crippen LogP contribution in [0.3, 0.4) is 0 Å². The quantitative estimate of drug-likeness (QED) is 0.837. The van der Waals surface area contributed by atoms with Gasteiger partial charge in [-0.2, -0.15) is 4.98 Å². The summed E-state index contributed by atoms with van der Waals surface area (Å²) in [6, 6.07) is 6.61. The van der Waals surface area contributed by atoms with Crippen molar-refractivity contribution in [2.24, 2.45) is 0 Å². The fraction of sp³-hybridized carbons (Fsp3) is 0.471. The molecule has 1 aromatic carbocycles. The zero-order chi connectivity index (χ0) is 16.9. The molecule has 1 aromatic heterocycles. The Morgan fingerprint density at radius 3 is 2.96 bits per heavy atom. The molecule has 1 fully saturated rings. The van der Waals surface area contributed by atoms with Gasteiger partial charge in [0.2, 0.25) is 5.89 Å². The summed E-state index contributed by atoms with van der Waals surface area (Å²) in [6.07, 6.45) is 3.83. The summed E-state index contributed by atoms with van der Waals surface area (Å²) < 4.78 is 5.30. The number of aliphatic hydroxyl groups excluding tert-OH is 1. The normalized spacial score (nSPS) is 16.2. The maximum atomic E-state index is 12.0. The molecule has 7 heteroatoms. The van der Waals surface area contributed by atoms with E-state index in [4.69, 9.17) is 16.1 Å². The molecule has 6 nitrogen and oxygen atoms in total. The molecule has 2 aromatic rings. The molecule has 0 radical (unpaired) electrons. The van der Waals surface area contributed by atoms with Crippen molar-refractivity contribution in [3.05, 3.63) is 46.6 Å². The number of aliphatic hydroxyl groups is 1. The van der Waals surface area contributed by atoms with E-state index in [-0.39, 0.29) is 0 Å². The molecule has 1 saturated carbocycles. The zero-order valence-corrected chi connectivity index (χ0v) is 14.0. The van der Waals surface area contributed by atoms with Crippen molar-refractivity contribution in [2.45, 2.75) is 44.1 Å². The van der Waals surface area contributed by atoms with Crippen molar-refractivity contribution < 1.29 is 14.4 Å². The fourth-order valence-corrected chi connectivity index (χ4v) is 3.13. The van der Waals surface area contributed by atoms with E-state index in [0.717, 1.165) is 12.8 Å². The third-order valence-electron chi connectivity index (χ3n) is 4.25. The van der Waals surface area contributed by atoms with Crippen LogP contribution in [0.25, 0.3) is 0 Å². The van der Waals surface area contributed by atoms with Gasteiger partial charge in [-0.05, 0) is 30.5 Å². The van der Waals surface area contributed by atoms with Crippen LogP contribution >= 0.6 is 11.6 Å². The van der Waals surface area contributed by atoms with Gasteiger partial charge >= 0.3 is 0 Å². The monoisotopic (exact) mass is 349 g/mol. The minimum atomic E-state index is -1.25. The fourth-order valence-electron chi connectivity index (χ4n) is 2.93. The van der Waals surface area contributed by atoms with E-state index in [1.807, 2.05) is 0 Å². The third-order valence-corrected chi connectivity index (χ3v) is 4.48. The van der Waals surface area contributed by atoms with Gasteiger partial charge in [0.1, 0.15) is 0 Å². The third kappa shape index (κ3) is 4.13. The van der Waals surface area contributed by atoms with Gasteiger partial charge in [-0.3, -0.25) is 4.79 Å². The summed E-state index contributed by atoms with van der Waals surface area (Å²) in [5.41, 5.74) is 0.461. The summed E-state index contributed by atoms with van der Waals surface area (Å²) >= 11 is 5.86. The van der Waals surface area contributed by atoms with Gasteiger partial charge < -0.3 is 14.9 Å². The topological polar surface area (TPSA) is 88.3 Å². The van der Waals surface area contributed by atoms with Crippen molar-refractivity contribution in [1.82, 2.24) is 15.5 Å². The second-order valence-electron chi connectivity index (χ2n) is 6.03. The number of benzene rings is 1. The Balaban J connectivity index is 1.48. The number of halogens is 1. The number of aromatic nitrogens is 2. The van der Waals surface area contributed by atoms with Gasteiger partial charge in [-0.1, -0.05) is 41.7 Å². The summed E-state index contributed by atoms with van der Waals surface area (Å²) in [4.78, 5) is 16.4. The van der Waals surface area contributed by atoms with Crippen molar-refractivity contribution in [3.8, 4) is 0 Å². The largest absolute Gasteiger partial charge is 0.378 e. The van der Waals surface area contributed by atoms with Gasteiger partial charge in [0.25, 0.3) is 5.91 Å². The van der Waals surface area contributed by atoms with Crippen molar-refractivity contribution in [2.75, 3.05) is 6.54 Å². The number of carbonyl (C=O) groups is 1. The summed E-state index contributed by atoms with van der Waals surface area (Å²) in [7, 11) is 0. The van der Waals surface area contributed by atoms with Crippen molar-refractivity contribution in [1.29, 1.82) is 0 Å². The molecule has 0 bridgehead atoms. The van der Waals surface area contributed by atoms with Crippen LogP contribution in [0, 0.1) is 0 Å². The Morgan fingerprint density at radius 2 is 2.21 bits per heavy atom. The van der Waals surface area contributed by atoms with Crippen LogP contribution in [0.5, 0.6) is 0 Å². The summed E-state index contributed by atoms with van der Waals surface area (Å²) in [5.74, 6) is 1.18. The van der Waals surface area contributed by atoms with Gasteiger partial charge in [0.15, 0.2) is 11.9 Å². The van der Waals surface area contributed by atoms with Crippen LogP contribution < -0.4 is 5.32 Å². The Bertz CT molecular complexity index is 698. The van der Waals surface area contributed by atoms with Crippen LogP contribution in [0.4, 0.5) is 0 Å². The average molecular weight is 350 g/mol. The molecule has 24 heavy (non-hydrogen) atoms. The van der Waals surface area contributed by atoms with Crippen LogP contribution in [0.2, 0.25) is 5.02 Å². The predicted molar refractivity (Wildman–Crippen MR) is 88.6 cm³/mol. The molecule has 0 saturated heterocycles. The maximum absolute atomic E-state index is 12.0. The molecule has 0 aliphatic heterocycles. The highest BCUT2D eigenvalue weighted by atomic mass is 35.5. The second kappa shape index (κ2) is 7.77. The predicted octanol–water partition coefficient (Wildman–Crippen LogP) is 2.77. The number of nitrogens with zero attached hydrogens (tertiary/aromatic N) is 2. The number of hydrogen-bond acceptors (Lipinski definition) is 5. The molecule has 0 spiro atoms. The molecule has 1 heterocycles. The lowest BCUT2D eigenvalue weighted by molar-refractivity contribution is -0.129. The lowest BCUT2D eigenvalue weighted by Crippen LogP contribution is -2.31. The molecule has 3 rings (SSSR count). The SMILES string of the molecule is O=C(NCCc1noc(C2CCCC2)n1)[C@H](O)c1cccc(Cl)c1. The first-order valence-electron chi connectivity index (χ1n) is 8.17. The van der Waals surface area contributed by atoms with E-state index >= 15 is 0 Å². The van der Waals surface area contributed by atoms with E-state index in [9.17, 15) is 9.90 Å². The molecule has 2 N–H and O–H groups in total. The summed E-state index contributed by atoms with van der Waals surface area (Å²) in [5, 5.41) is 17.1. The highest BCUT2D eigenvalue weighted by molar-refractivity contribution is 6.30. The van der Waals surface area contributed by atoms with E-state index in [1.54, 1.807) is 24.3 Å². The molecule has 1 aliphatic rings. The number of hydrogen-bond donors (Lipinski definition) is 2. The first-order chi connectivity index (χ1) is 11.6. The van der Waals surface area contributed by atoms with Crippen molar-refractivity contribution >= 4 is 17.5 Å². The Labute approximate surface area is 145 Å². The Hall–Kier alpha value is -1.92. The van der Waals surface area contributed by atoms with Crippen LogP contribution in [-0.4, -0.2) is 27.7 Å².